The molecule has 0 atom stereocenters. The molecule has 198 valence electrons. The summed E-state index contributed by atoms with van der Waals surface area (Å²) in [6, 6.07) is 15.3. The van der Waals surface area contributed by atoms with E-state index < -0.39 is 0 Å². The van der Waals surface area contributed by atoms with Gasteiger partial charge in [0.2, 0.25) is 0 Å². The second-order valence-corrected chi connectivity index (χ2v) is 10.1. The number of aromatic nitrogens is 5. The molecule has 11 heteroatoms. The summed E-state index contributed by atoms with van der Waals surface area (Å²) >= 11 is 1.48. The first-order chi connectivity index (χ1) is 19.0. The van der Waals surface area contributed by atoms with E-state index in [-0.39, 0.29) is 18.1 Å². The maximum absolute atomic E-state index is 13.5. The zero-order chi connectivity index (χ0) is 26.9. The van der Waals surface area contributed by atoms with Gasteiger partial charge >= 0.3 is 0 Å². The predicted molar refractivity (Wildman–Crippen MR) is 150 cm³/mol. The summed E-state index contributed by atoms with van der Waals surface area (Å²) in [4.78, 5) is 35.2. The predicted octanol–water partition coefficient (Wildman–Crippen LogP) is 3.86. The maximum atomic E-state index is 13.5. The van der Waals surface area contributed by atoms with E-state index in [1.54, 1.807) is 17.2 Å². The Morgan fingerprint density at radius 1 is 1.13 bits per heavy atom. The summed E-state index contributed by atoms with van der Waals surface area (Å²) < 4.78 is 13.2. The van der Waals surface area contributed by atoms with Gasteiger partial charge in [-0.15, -0.1) is 11.3 Å². The third kappa shape index (κ3) is 4.72. The lowest BCUT2D eigenvalue weighted by molar-refractivity contribution is -0.118. The number of hydrogen-bond donors (Lipinski definition) is 1. The molecular weight excluding hydrogens is 514 g/mol. The monoisotopic (exact) mass is 541 g/mol. The minimum Gasteiger partial charge on any atom is -0.482 e. The molecule has 2 aromatic carbocycles. The van der Waals surface area contributed by atoms with Crippen molar-refractivity contribution in [3.05, 3.63) is 93.5 Å². The van der Waals surface area contributed by atoms with Crippen LogP contribution in [0.2, 0.25) is 0 Å². The number of amides is 1. The number of hydrogen-bond acceptors (Lipinski definition) is 6. The number of thiazole rings is 1. The van der Waals surface area contributed by atoms with Crippen LogP contribution in [0.25, 0.3) is 16.9 Å². The number of ether oxygens (including phenoxy) is 1. The normalized spacial score (nSPS) is 13.3. The van der Waals surface area contributed by atoms with Crippen LogP contribution in [-0.4, -0.2) is 36.0 Å². The van der Waals surface area contributed by atoms with Crippen molar-refractivity contribution in [1.82, 2.24) is 23.5 Å². The van der Waals surface area contributed by atoms with Gasteiger partial charge in [0.25, 0.3) is 11.5 Å². The molecule has 0 saturated heterocycles. The smallest absolute Gasteiger partial charge is 0.297 e. The van der Waals surface area contributed by atoms with E-state index in [0.717, 1.165) is 40.4 Å². The molecule has 3 aromatic heterocycles. The van der Waals surface area contributed by atoms with Crippen LogP contribution in [0.4, 0.5) is 11.4 Å². The minimum atomic E-state index is -0.178. The van der Waals surface area contributed by atoms with Crippen LogP contribution in [0.15, 0.2) is 82.4 Å². The molecule has 0 aliphatic carbocycles. The van der Waals surface area contributed by atoms with E-state index in [9.17, 15) is 9.59 Å². The number of para-hydroxylation sites is 1. The van der Waals surface area contributed by atoms with Gasteiger partial charge in [0.05, 0.1) is 29.1 Å². The first-order valence-corrected chi connectivity index (χ1v) is 13.5. The summed E-state index contributed by atoms with van der Waals surface area (Å²) in [6.45, 7) is 3.39. The van der Waals surface area contributed by atoms with Crippen molar-refractivity contribution in [3.63, 3.8) is 0 Å². The van der Waals surface area contributed by atoms with Gasteiger partial charge in [-0.2, -0.15) is 0 Å². The van der Waals surface area contributed by atoms with Crippen molar-refractivity contribution < 1.29 is 9.53 Å². The number of benzene rings is 2. The average molecular weight is 542 g/mol. The number of nitrogens with zero attached hydrogens (tertiary/aromatic N) is 6. The van der Waals surface area contributed by atoms with Gasteiger partial charge in [0.1, 0.15) is 5.75 Å². The lowest BCUT2D eigenvalue weighted by Gasteiger charge is -2.19. The quantitative estimate of drug-likeness (QED) is 0.338. The molecule has 1 aliphatic heterocycles. The Morgan fingerprint density at radius 3 is 2.77 bits per heavy atom. The number of anilines is 1. The molecule has 39 heavy (non-hydrogen) atoms. The zero-order valence-corrected chi connectivity index (χ0v) is 22.4. The fraction of sp³-hybridized carbons (Fsp3) is 0.214. The van der Waals surface area contributed by atoms with E-state index >= 15 is 0 Å². The van der Waals surface area contributed by atoms with E-state index in [2.05, 4.69) is 14.9 Å². The van der Waals surface area contributed by atoms with Crippen molar-refractivity contribution in [2.45, 2.75) is 26.4 Å². The molecule has 1 amide bonds. The van der Waals surface area contributed by atoms with Crippen molar-refractivity contribution in [2.24, 2.45) is 12.0 Å². The van der Waals surface area contributed by atoms with E-state index in [1.807, 2.05) is 83.3 Å². The van der Waals surface area contributed by atoms with E-state index in [1.165, 1.54) is 11.3 Å². The molecule has 0 spiro atoms. The highest BCUT2D eigenvalue weighted by Gasteiger charge is 2.19. The van der Waals surface area contributed by atoms with Crippen LogP contribution in [-0.2, 0) is 24.9 Å². The Morgan fingerprint density at radius 2 is 1.97 bits per heavy atom. The Kier molecular flexibility index (Phi) is 6.49. The SMILES string of the molecule is Cc1c(N=c2scc(-c3ccc4c(c3)NC(=O)CO4)n2CCCn2ccnc2)c(=O)n(-c2ccccc2)n1C. The number of nitrogens with one attached hydrogen (secondary N) is 1. The standard InChI is InChI=1S/C28H27N7O3S/c1-19-26(27(37)35(32(19)2)21-7-4-3-5-8-21)31-28-34(13-6-12-33-14-11-29-18-33)23(17-39-28)20-9-10-24-22(15-20)30-25(36)16-38-24/h3-5,7-11,14-15,17-18H,6,12-13,16H2,1-2H3,(H,30,36). The van der Waals surface area contributed by atoms with Gasteiger partial charge < -0.3 is 19.2 Å². The molecule has 1 aliphatic rings. The molecular formula is C28H27N7O3S. The Balaban J connectivity index is 1.44. The summed E-state index contributed by atoms with van der Waals surface area (Å²) in [5, 5.41) is 4.93. The van der Waals surface area contributed by atoms with Crippen LogP contribution in [0.5, 0.6) is 5.75 Å². The molecule has 0 saturated carbocycles. The topological polar surface area (TPSA) is 100 Å². The van der Waals surface area contributed by atoms with Crippen LogP contribution in [0.1, 0.15) is 12.1 Å². The highest BCUT2D eigenvalue weighted by molar-refractivity contribution is 7.07. The largest absolute Gasteiger partial charge is 0.482 e. The van der Waals surface area contributed by atoms with Crippen LogP contribution < -0.4 is 20.4 Å². The summed E-state index contributed by atoms with van der Waals surface area (Å²) in [5.74, 6) is 0.467. The number of aryl methyl sites for hydroxylation is 1. The fourth-order valence-corrected chi connectivity index (χ4v) is 5.66. The summed E-state index contributed by atoms with van der Waals surface area (Å²) in [5.41, 5.74) is 4.31. The number of rotatable bonds is 7. The highest BCUT2D eigenvalue weighted by atomic mass is 32.1. The Bertz CT molecular complexity index is 1780. The maximum Gasteiger partial charge on any atom is 0.297 e. The summed E-state index contributed by atoms with van der Waals surface area (Å²) in [7, 11) is 1.87. The van der Waals surface area contributed by atoms with Crippen LogP contribution >= 0.6 is 11.3 Å². The van der Waals surface area contributed by atoms with Gasteiger partial charge in [-0.25, -0.2) is 14.7 Å². The molecule has 5 aromatic rings. The van der Waals surface area contributed by atoms with Crippen molar-refractivity contribution in [3.8, 4) is 22.7 Å². The van der Waals surface area contributed by atoms with Crippen molar-refractivity contribution in [2.75, 3.05) is 11.9 Å². The molecule has 1 N–H and O–H groups in total. The van der Waals surface area contributed by atoms with Crippen LogP contribution in [0, 0.1) is 6.92 Å². The lowest BCUT2D eigenvalue weighted by atomic mass is 10.1. The number of fused-ring (bicyclic) bond motifs is 1. The average Bonchev–Trinajstić information content (AvgIpc) is 3.66. The van der Waals surface area contributed by atoms with Gasteiger partial charge in [0.15, 0.2) is 17.1 Å². The fourth-order valence-electron chi connectivity index (χ4n) is 4.72. The Labute approximate surface area is 228 Å². The third-order valence-electron chi connectivity index (χ3n) is 6.79. The summed E-state index contributed by atoms with van der Waals surface area (Å²) in [6.07, 6.45) is 6.34. The number of imidazole rings is 1. The first kappa shape index (κ1) is 24.7. The van der Waals surface area contributed by atoms with E-state index in [0.29, 0.717) is 23.7 Å². The van der Waals surface area contributed by atoms with Gasteiger partial charge in [0, 0.05) is 43.5 Å². The van der Waals surface area contributed by atoms with E-state index in [4.69, 9.17) is 9.73 Å². The zero-order valence-electron chi connectivity index (χ0n) is 21.6. The molecule has 4 heterocycles. The lowest BCUT2D eigenvalue weighted by Crippen LogP contribution is -2.25. The molecule has 6 rings (SSSR count). The van der Waals surface area contributed by atoms with Crippen molar-refractivity contribution >= 4 is 28.6 Å². The van der Waals surface area contributed by atoms with Gasteiger partial charge in [-0.05, 0) is 43.7 Å². The molecule has 0 unspecified atom stereocenters. The van der Waals surface area contributed by atoms with Crippen molar-refractivity contribution in [1.29, 1.82) is 0 Å². The molecule has 0 fully saturated rings. The van der Waals surface area contributed by atoms with Gasteiger partial charge in [-0.3, -0.25) is 14.3 Å². The number of carbonyl (C=O) groups is 1. The third-order valence-corrected chi connectivity index (χ3v) is 7.66. The first-order valence-electron chi connectivity index (χ1n) is 12.6. The molecule has 0 bridgehead atoms. The van der Waals surface area contributed by atoms with Gasteiger partial charge in [-0.1, -0.05) is 18.2 Å². The number of carbonyl (C=O) groups excluding carboxylic acids is 1. The Hall–Kier alpha value is -4.64. The minimum absolute atomic E-state index is 0.0129. The molecule has 0 radical (unpaired) electrons. The van der Waals surface area contributed by atoms with Crippen LogP contribution in [0.3, 0.4) is 0 Å². The highest BCUT2D eigenvalue weighted by Crippen LogP contribution is 2.33. The second kappa shape index (κ2) is 10.3. The second-order valence-electron chi connectivity index (χ2n) is 9.28. The molecule has 10 nitrogen and oxygen atoms in total.